The van der Waals surface area contributed by atoms with Crippen molar-refractivity contribution in [3.8, 4) is 0 Å². The summed E-state index contributed by atoms with van der Waals surface area (Å²) in [6.07, 6.45) is 0.466. The van der Waals surface area contributed by atoms with Gasteiger partial charge in [0, 0.05) is 29.5 Å². The van der Waals surface area contributed by atoms with Gasteiger partial charge >= 0.3 is 0 Å². The number of ketones is 1. The van der Waals surface area contributed by atoms with Gasteiger partial charge in [0.15, 0.2) is 5.78 Å². The van der Waals surface area contributed by atoms with Gasteiger partial charge in [0.1, 0.15) is 0 Å². The Labute approximate surface area is 117 Å². The molecule has 0 amide bonds. The first-order valence-electron chi connectivity index (χ1n) is 5.97. The van der Waals surface area contributed by atoms with E-state index in [1.54, 1.807) is 13.8 Å². The molecule has 18 heavy (non-hydrogen) atoms. The van der Waals surface area contributed by atoms with Gasteiger partial charge in [-0.05, 0) is 33.0 Å². The van der Waals surface area contributed by atoms with Crippen molar-refractivity contribution in [2.75, 3.05) is 20.1 Å². The number of halogens is 1. The molecule has 0 aliphatic carbocycles. The molecule has 0 fully saturated rings. The third kappa shape index (κ3) is 5.76. The Kier molecular flexibility index (Phi) is 5.50. The Morgan fingerprint density at radius 2 is 1.89 bits per heavy atom. The molecule has 3 nitrogen and oxygen atoms in total. The number of nitrogens with zero attached hydrogens (tertiary/aromatic N) is 1. The molecule has 0 heterocycles. The lowest BCUT2D eigenvalue weighted by molar-refractivity contribution is 0.0437. The molecule has 0 atom stereocenters. The van der Waals surface area contributed by atoms with Gasteiger partial charge in [-0.3, -0.25) is 4.79 Å². The molecule has 4 heteroatoms. The summed E-state index contributed by atoms with van der Waals surface area (Å²) in [5.41, 5.74) is 0.00457. The van der Waals surface area contributed by atoms with Crippen molar-refractivity contribution in [2.24, 2.45) is 0 Å². The molecule has 1 rings (SSSR count). The van der Waals surface area contributed by atoms with Gasteiger partial charge in [0.05, 0.1) is 5.60 Å². The van der Waals surface area contributed by atoms with Gasteiger partial charge in [0.25, 0.3) is 0 Å². The molecule has 1 aromatic carbocycles. The summed E-state index contributed by atoms with van der Waals surface area (Å²) in [5, 5.41) is 9.67. The molecule has 0 bridgehead atoms. The average Bonchev–Trinajstić information content (AvgIpc) is 2.24. The summed E-state index contributed by atoms with van der Waals surface area (Å²) in [5.74, 6) is 0.130. The maximum atomic E-state index is 11.9. The van der Waals surface area contributed by atoms with Crippen LogP contribution in [0.15, 0.2) is 28.7 Å². The van der Waals surface area contributed by atoms with E-state index in [4.69, 9.17) is 0 Å². The third-order valence-electron chi connectivity index (χ3n) is 2.54. The van der Waals surface area contributed by atoms with Crippen molar-refractivity contribution in [3.63, 3.8) is 0 Å². The molecule has 0 saturated carbocycles. The molecular weight excluding hydrogens is 294 g/mol. The minimum atomic E-state index is -0.727. The number of aliphatic hydroxyl groups is 1. The van der Waals surface area contributed by atoms with Gasteiger partial charge in [-0.1, -0.05) is 28.1 Å². The smallest absolute Gasteiger partial charge is 0.164 e. The zero-order chi connectivity index (χ0) is 13.8. The first-order chi connectivity index (χ1) is 8.28. The van der Waals surface area contributed by atoms with Gasteiger partial charge in [0.2, 0.25) is 0 Å². The van der Waals surface area contributed by atoms with Crippen LogP contribution < -0.4 is 0 Å². The SMILES string of the molecule is CN(CCC(=O)c1ccc(Br)cc1)CC(C)(C)O. The topological polar surface area (TPSA) is 40.5 Å². The quantitative estimate of drug-likeness (QED) is 0.821. The maximum absolute atomic E-state index is 11.9. The lowest BCUT2D eigenvalue weighted by Crippen LogP contribution is -2.37. The standard InChI is InChI=1S/C14H20BrNO2/c1-14(2,18)10-16(3)9-8-13(17)11-4-6-12(15)7-5-11/h4-7,18H,8-10H2,1-3H3. The first kappa shape index (κ1) is 15.3. The highest BCUT2D eigenvalue weighted by molar-refractivity contribution is 9.10. The number of Topliss-reactive ketones (excluding diaryl/α,β-unsaturated/α-hetero) is 1. The monoisotopic (exact) mass is 313 g/mol. The number of carbonyl (C=O) groups excluding carboxylic acids is 1. The van der Waals surface area contributed by atoms with Gasteiger partial charge in [-0.25, -0.2) is 0 Å². The van der Waals surface area contributed by atoms with E-state index in [0.717, 1.165) is 10.0 Å². The van der Waals surface area contributed by atoms with Crippen LogP contribution in [0.4, 0.5) is 0 Å². The second-order valence-electron chi connectivity index (χ2n) is 5.23. The average molecular weight is 314 g/mol. The molecule has 0 saturated heterocycles. The Morgan fingerprint density at radius 3 is 2.39 bits per heavy atom. The molecule has 0 unspecified atom stereocenters. The highest BCUT2D eigenvalue weighted by Gasteiger charge is 2.16. The van der Waals surface area contributed by atoms with E-state index < -0.39 is 5.60 Å². The van der Waals surface area contributed by atoms with E-state index in [1.807, 2.05) is 36.2 Å². The number of hydrogen-bond donors (Lipinski definition) is 1. The molecule has 0 aliphatic rings. The minimum Gasteiger partial charge on any atom is -0.389 e. The molecule has 1 N–H and O–H groups in total. The Morgan fingerprint density at radius 1 is 1.33 bits per heavy atom. The second kappa shape index (κ2) is 6.45. The van der Waals surface area contributed by atoms with E-state index in [2.05, 4.69) is 15.9 Å². The molecule has 100 valence electrons. The molecular formula is C14H20BrNO2. The van der Waals surface area contributed by atoms with Crippen LogP contribution in [0.25, 0.3) is 0 Å². The summed E-state index contributed by atoms with van der Waals surface area (Å²) in [6.45, 7) is 4.74. The Bertz CT molecular complexity index is 395. The molecule has 0 radical (unpaired) electrons. The number of hydrogen-bond acceptors (Lipinski definition) is 3. The predicted molar refractivity (Wildman–Crippen MR) is 76.9 cm³/mol. The highest BCUT2D eigenvalue weighted by Crippen LogP contribution is 2.12. The Balaban J connectivity index is 2.44. The normalized spacial score (nSPS) is 11.9. The van der Waals surface area contributed by atoms with Crippen LogP contribution in [0.2, 0.25) is 0 Å². The lowest BCUT2D eigenvalue weighted by Gasteiger charge is -2.25. The van der Waals surface area contributed by atoms with Crippen LogP contribution in [-0.4, -0.2) is 41.5 Å². The predicted octanol–water partition coefficient (Wildman–Crippen LogP) is 2.72. The van der Waals surface area contributed by atoms with Crippen molar-refractivity contribution < 1.29 is 9.90 Å². The zero-order valence-electron chi connectivity index (χ0n) is 11.1. The third-order valence-corrected chi connectivity index (χ3v) is 3.07. The fraction of sp³-hybridized carbons (Fsp3) is 0.500. The van der Waals surface area contributed by atoms with Crippen molar-refractivity contribution in [2.45, 2.75) is 25.9 Å². The van der Waals surface area contributed by atoms with Crippen LogP contribution in [0.5, 0.6) is 0 Å². The molecule has 1 aromatic rings. The summed E-state index contributed by atoms with van der Waals surface area (Å²) in [7, 11) is 1.91. The number of likely N-dealkylation sites (N-methyl/N-ethyl adjacent to an activating group) is 1. The molecule has 0 spiro atoms. The largest absolute Gasteiger partial charge is 0.389 e. The van der Waals surface area contributed by atoms with E-state index in [1.165, 1.54) is 0 Å². The van der Waals surface area contributed by atoms with E-state index >= 15 is 0 Å². The van der Waals surface area contributed by atoms with Crippen LogP contribution >= 0.6 is 15.9 Å². The zero-order valence-corrected chi connectivity index (χ0v) is 12.7. The number of benzene rings is 1. The fourth-order valence-corrected chi connectivity index (χ4v) is 2.08. The fourth-order valence-electron chi connectivity index (χ4n) is 1.81. The van der Waals surface area contributed by atoms with Crippen LogP contribution in [0.3, 0.4) is 0 Å². The lowest BCUT2D eigenvalue weighted by atomic mass is 10.1. The van der Waals surface area contributed by atoms with E-state index in [-0.39, 0.29) is 5.78 Å². The van der Waals surface area contributed by atoms with Crippen LogP contribution in [0.1, 0.15) is 30.6 Å². The van der Waals surface area contributed by atoms with Crippen molar-refractivity contribution >= 4 is 21.7 Å². The number of carbonyl (C=O) groups is 1. The van der Waals surface area contributed by atoms with Crippen molar-refractivity contribution in [1.29, 1.82) is 0 Å². The first-order valence-corrected chi connectivity index (χ1v) is 6.77. The summed E-state index contributed by atoms with van der Waals surface area (Å²) >= 11 is 3.34. The summed E-state index contributed by atoms with van der Waals surface area (Å²) in [6, 6.07) is 7.38. The van der Waals surface area contributed by atoms with Gasteiger partial charge in [-0.2, -0.15) is 0 Å². The molecule has 0 aromatic heterocycles. The van der Waals surface area contributed by atoms with Gasteiger partial charge in [-0.15, -0.1) is 0 Å². The van der Waals surface area contributed by atoms with Crippen LogP contribution in [0, 0.1) is 0 Å². The Hall–Kier alpha value is -0.710. The van der Waals surface area contributed by atoms with Crippen molar-refractivity contribution in [3.05, 3.63) is 34.3 Å². The van der Waals surface area contributed by atoms with E-state index in [9.17, 15) is 9.90 Å². The summed E-state index contributed by atoms with van der Waals surface area (Å²) < 4.78 is 0.971. The van der Waals surface area contributed by atoms with Crippen molar-refractivity contribution in [1.82, 2.24) is 4.90 Å². The summed E-state index contributed by atoms with van der Waals surface area (Å²) in [4.78, 5) is 13.9. The van der Waals surface area contributed by atoms with Crippen LogP contribution in [-0.2, 0) is 0 Å². The minimum absolute atomic E-state index is 0.130. The second-order valence-corrected chi connectivity index (χ2v) is 6.15. The number of rotatable bonds is 6. The highest BCUT2D eigenvalue weighted by atomic mass is 79.9. The van der Waals surface area contributed by atoms with E-state index in [0.29, 0.717) is 19.5 Å². The molecule has 0 aliphatic heterocycles. The maximum Gasteiger partial charge on any atom is 0.164 e. The van der Waals surface area contributed by atoms with Gasteiger partial charge < -0.3 is 10.0 Å².